The zero-order valence-electron chi connectivity index (χ0n) is 12.5. The molecule has 0 aromatic carbocycles. The SMILES string of the molecule is COCC1CC(F)(F)CN1C1CN(C(=O)Cc2ccsc2)C1. The van der Waals surface area contributed by atoms with Crippen LogP contribution >= 0.6 is 11.3 Å². The predicted octanol–water partition coefficient (Wildman–Crippen LogP) is 1.86. The second kappa shape index (κ2) is 6.22. The Balaban J connectivity index is 1.52. The van der Waals surface area contributed by atoms with Crippen LogP contribution in [0, 0.1) is 0 Å². The monoisotopic (exact) mass is 330 g/mol. The molecule has 2 aliphatic heterocycles. The smallest absolute Gasteiger partial charge is 0.262 e. The molecule has 2 fully saturated rings. The van der Waals surface area contributed by atoms with Gasteiger partial charge in [0.05, 0.1) is 19.6 Å². The Bertz CT molecular complexity index is 518. The van der Waals surface area contributed by atoms with Gasteiger partial charge in [0.25, 0.3) is 5.92 Å². The Morgan fingerprint density at radius 3 is 2.91 bits per heavy atom. The van der Waals surface area contributed by atoms with Gasteiger partial charge in [-0.1, -0.05) is 0 Å². The van der Waals surface area contributed by atoms with E-state index in [1.54, 1.807) is 16.2 Å². The summed E-state index contributed by atoms with van der Waals surface area (Å²) in [5.41, 5.74) is 1.02. The fourth-order valence-corrected chi connectivity index (χ4v) is 3.91. The van der Waals surface area contributed by atoms with Gasteiger partial charge in [0.2, 0.25) is 5.91 Å². The van der Waals surface area contributed by atoms with Crippen molar-refractivity contribution in [2.24, 2.45) is 0 Å². The molecule has 1 atom stereocenters. The predicted molar refractivity (Wildman–Crippen MR) is 80.3 cm³/mol. The van der Waals surface area contributed by atoms with E-state index in [1.807, 2.05) is 21.7 Å². The highest BCUT2D eigenvalue weighted by Gasteiger charge is 2.50. The molecule has 0 bridgehead atoms. The summed E-state index contributed by atoms with van der Waals surface area (Å²) in [6.07, 6.45) is 0.244. The van der Waals surface area contributed by atoms with Gasteiger partial charge in [0.15, 0.2) is 0 Å². The number of ether oxygens (including phenoxy) is 1. The van der Waals surface area contributed by atoms with Crippen LogP contribution in [0.4, 0.5) is 8.78 Å². The molecule has 2 saturated heterocycles. The first-order chi connectivity index (χ1) is 10.5. The normalized spacial score (nSPS) is 25.4. The van der Waals surface area contributed by atoms with Crippen LogP contribution in [-0.4, -0.2) is 67.1 Å². The maximum atomic E-state index is 13.6. The third-order valence-corrected chi connectivity index (χ3v) is 5.13. The average molecular weight is 330 g/mol. The number of carbonyl (C=O) groups excluding carboxylic acids is 1. The molecule has 1 amide bonds. The van der Waals surface area contributed by atoms with Crippen LogP contribution < -0.4 is 0 Å². The molecule has 0 radical (unpaired) electrons. The number of halogens is 2. The summed E-state index contributed by atoms with van der Waals surface area (Å²) >= 11 is 1.57. The van der Waals surface area contributed by atoms with Crippen molar-refractivity contribution in [2.75, 3.05) is 33.4 Å². The van der Waals surface area contributed by atoms with E-state index in [9.17, 15) is 13.6 Å². The van der Waals surface area contributed by atoms with E-state index in [2.05, 4.69) is 0 Å². The standard InChI is InChI=1S/C15H20F2N2O2S/c1-21-8-12-5-15(16,17)10-19(12)13-6-18(7-13)14(20)4-11-2-3-22-9-11/h2-3,9,12-13H,4-8,10H2,1H3. The van der Waals surface area contributed by atoms with Crippen molar-refractivity contribution < 1.29 is 18.3 Å². The topological polar surface area (TPSA) is 32.8 Å². The van der Waals surface area contributed by atoms with Gasteiger partial charge in [-0.25, -0.2) is 8.78 Å². The fraction of sp³-hybridized carbons (Fsp3) is 0.667. The zero-order valence-corrected chi connectivity index (χ0v) is 13.3. The zero-order chi connectivity index (χ0) is 15.7. The molecule has 7 heteroatoms. The lowest BCUT2D eigenvalue weighted by atomic mass is 10.0. The van der Waals surface area contributed by atoms with Gasteiger partial charge in [-0.3, -0.25) is 9.69 Å². The Hall–Kier alpha value is -1.05. The molecule has 2 aliphatic rings. The number of hydrogen-bond acceptors (Lipinski definition) is 4. The van der Waals surface area contributed by atoms with Gasteiger partial charge in [-0.15, -0.1) is 0 Å². The van der Waals surface area contributed by atoms with Crippen molar-refractivity contribution in [1.82, 2.24) is 9.80 Å². The molecule has 3 heterocycles. The van der Waals surface area contributed by atoms with E-state index < -0.39 is 5.92 Å². The summed E-state index contributed by atoms with van der Waals surface area (Å²) in [6.45, 7) is 1.17. The summed E-state index contributed by atoms with van der Waals surface area (Å²) < 4.78 is 32.3. The van der Waals surface area contributed by atoms with E-state index in [-0.39, 0.29) is 31.0 Å². The van der Waals surface area contributed by atoms with Crippen LogP contribution in [0.2, 0.25) is 0 Å². The third kappa shape index (κ3) is 3.31. The average Bonchev–Trinajstić information content (AvgIpc) is 2.96. The highest BCUT2D eigenvalue weighted by molar-refractivity contribution is 7.07. The Kier molecular flexibility index (Phi) is 4.47. The molecule has 22 heavy (non-hydrogen) atoms. The van der Waals surface area contributed by atoms with Crippen LogP contribution in [0.5, 0.6) is 0 Å². The highest BCUT2D eigenvalue weighted by Crippen LogP contribution is 2.35. The number of rotatable bonds is 5. The van der Waals surface area contributed by atoms with Crippen LogP contribution in [0.25, 0.3) is 0 Å². The minimum atomic E-state index is -2.65. The summed E-state index contributed by atoms with van der Waals surface area (Å²) in [5.74, 6) is -2.58. The number of carbonyl (C=O) groups is 1. The number of likely N-dealkylation sites (tertiary alicyclic amines) is 2. The number of alkyl halides is 2. The lowest BCUT2D eigenvalue weighted by Crippen LogP contribution is -2.62. The fourth-order valence-electron chi connectivity index (χ4n) is 3.25. The lowest BCUT2D eigenvalue weighted by molar-refractivity contribution is -0.138. The molecule has 3 rings (SSSR count). The minimum absolute atomic E-state index is 0.0277. The largest absolute Gasteiger partial charge is 0.383 e. The number of amides is 1. The minimum Gasteiger partial charge on any atom is -0.383 e. The van der Waals surface area contributed by atoms with Crippen molar-refractivity contribution in [2.45, 2.75) is 30.8 Å². The maximum absolute atomic E-state index is 13.6. The molecule has 1 aromatic rings. The van der Waals surface area contributed by atoms with Gasteiger partial charge in [-0.05, 0) is 22.4 Å². The van der Waals surface area contributed by atoms with E-state index in [4.69, 9.17) is 4.74 Å². The molecule has 1 aromatic heterocycles. The number of nitrogens with zero attached hydrogens (tertiary/aromatic N) is 2. The van der Waals surface area contributed by atoms with E-state index in [0.717, 1.165) is 5.56 Å². The van der Waals surface area contributed by atoms with Gasteiger partial charge >= 0.3 is 0 Å². The second-order valence-corrected chi connectivity index (χ2v) is 6.88. The summed E-state index contributed by atoms with van der Waals surface area (Å²) in [7, 11) is 1.53. The quantitative estimate of drug-likeness (QED) is 0.826. The molecule has 0 saturated carbocycles. The number of methoxy groups -OCH3 is 1. The Labute approximate surface area is 132 Å². The van der Waals surface area contributed by atoms with Gasteiger partial charge in [-0.2, -0.15) is 11.3 Å². The van der Waals surface area contributed by atoms with Crippen LogP contribution in [0.15, 0.2) is 16.8 Å². The van der Waals surface area contributed by atoms with Crippen molar-refractivity contribution >= 4 is 17.2 Å². The molecule has 122 valence electrons. The van der Waals surface area contributed by atoms with Gasteiger partial charge in [0, 0.05) is 38.7 Å². The molecular formula is C15H20F2N2O2S. The maximum Gasteiger partial charge on any atom is 0.262 e. The highest BCUT2D eigenvalue weighted by atomic mass is 32.1. The number of thiophene rings is 1. The van der Waals surface area contributed by atoms with Crippen molar-refractivity contribution in [1.29, 1.82) is 0 Å². The molecule has 1 unspecified atom stereocenters. The van der Waals surface area contributed by atoms with Gasteiger partial charge < -0.3 is 9.64 Å². The van der Waals surface area contributed by atoms with Crippen molar-refractivity contribution in [3.05, 3.63) is 22.4 Å². The van der Waals surface area contributed by atoms with Crippen molar-refractivity contribution in [3.8, 4) is 0 Å². The third-order valence-electron chi connectivity index (χ3n) is 4.40. The first-order valence-corrected chi connectivity index (χ1v) is 8.34. The first kappa shape index (κ1) is 15.8. The lowest BCUT2D eigenvalue weighted by Gasteiger charge is -2.45. The second-order valence-electron chi connectivity index (χ2n) is 6.10. The summed E-state index contributed by atoms with van der Waals surface area (Å²) in [6, 6.07) is 1.72. The summed E-state index contributed by atoms with van der Waals surface area (Å²) in [4.78, 5) is 15.7. The molecule has 0 spiro atoms. The molecule has 0 aliphatic carbocycles. The van der Waals surface area contributed by atoms with E-state index in [0.29, 0.717) is 26.1 Å². The number of hydrogen-bond donors (Lipinski definition) is 0. The van der Waals surface area contributed by atoms with Crippen LogP contribution in [-0.2, 0) is 16.0 Å². The summed E-state index contributed by atoms with van der Waals surface area (Å²) in [5, 5.41) is 3.91. The van der Waals surface area contributed by atoms with Gasteiger partial charge in [0.1, 0.15) is 0 Å². The van der Waals surface area contributed by atoms with Crippen LogP contribution in [0.1, 0.15) is 12.0 Å². The van der Waals surface area contributed by atoms with E-state index >= 15 is 0 Å². The molecule has 4 nitrogen and oxygen atoms in total. The Morgan fingerprint density at radius 1 is 1.50 bits per heavy atom. The first-order valence-electron chi connectivity index (χ1n) is 7.40. The molecule has 0 N–H and O–H groups in total. The van der Waals surface area contributed by atoms with Crippen LogP contribution in [0.3, 0.4) is 0 Å². The molecular weight excluding hydrogens is 310 g/mol. The van der Waals surface area contributed by atoms with Crippen molar-refractivity contribution in [3.63, 3.8) is 0 Å². The van der Waals surface area contributed by atoms with E-state index in [1.165, 1.54) is 7.11 Å². The Morgan fingerprint density at radius 2 is 2.27 bits per heavy atom.